The highest BCUT2D eigenvalue weighted by Crippen LogP contribution is 2.14. The molecule has 1 rings (SSSR count). The Balaban J connectivity index is 2.59. The Bertz CT molecular complexity index is 385. The number of nitrogens with one attached hydrogen (secondary N) is 1. The monoisotopic (exact) mass is 239 g/mol. The molecule has 0 saturated carbocycles. The van der Waals surface area contributed by atoms with Crippen molar-refractivity contribution in [2.24, 2.45) is 5.92 Å². The first-order chi connectivity index (χ1) is 7.83. The van der Waals surface area contributed by atoms with Crippen molar-refractivity contribution < 1.29 is 14.3 Å². The zero-order chi connectivity index (χ0) is 13.1. The number of amides is 1. The molecule has 0 fully saturated rings. The molecule has 2 N–H and O–H groups in total. The third kappa shape index (κ3) is 3.82. The van der Waals surface area contributed by atoms with Gasteiger partial charge in [-0.3, -0.25) is 4.79 Å². The van der Waals surface area contributed by atoms with E-state index in [2.05, 4.69) is 5.32 Å². The van der Waals surface area contributed by atoms with E-state index in [0.717, 1.165) is 0 Å². The summed E-state index contributed by atoms with van der Waals surface area (Å²) < 4.78 is 12.7. The van der Waals surface area contributed by atoms with E-state index in [0.29, 0.717) is 5.56 Å². The molecule has 1 aromatic carbocycles. The van der Waals surface area contributed by atoms with Crippen LogP contribution in [-0.4, -0.2) is 23.2 Å². The SMILES string of the molecule is CC(C)C(C)(O)CNC(=O)c1ccc(F)cc1. The third-order valence-corrected chi connectivity index (χ3v) is 2.96. The fourth-order valence-electron chi connectivity index (χ4n) is 1.17. The van der Waals surface area contributed by atoms with E-state index in [-0.39, 0.29) is 24.2 Å². The summed E-state index contributed by atoms with van der Waals surface area (Å²) in [6, 6.07) is 5.29. The summed E-state index contributed by atoms with van der Waals surface area (Å²) in [7, 11) is 0. The van der Waals surface area contributed by atoms with Gasteiger partial charge in [0.1, 0.15) is 5.82 Å². The zero-order valence-electron chi connectivity index (χ0n) is 10.3. The van der Waals surface area contributed by atoms with E-state index in [1.807, 2.05) is 13.8 Å². The molecule has 0 bridgehead atoms. The van der Waals surface area contributed by atoms with Crippen LogP contribution in [0.2, 0.25) is 0 Å². The van der Waals surface area contributed by atoms with Crippen LogP contribution < -0.4 is 5.32 Å². The number of halogens is 1. The number of carbonyl (C=O) groups is 1. The molecule has 1 amide bonds. The lowest BCUT2D eigenvalue weighted by Crippen LogP contribution is -2.44. The van der Waals surface area contributed by atoms with E-state index in [1.165, 1.54) is 24.3 Å². The van der Waals surface area contributed by atoms with Crippen LogP contribution in [0.3, 0.4) is 0 Å². The van der Waals surface area contributed by atoms with E-state index in [1.54, 1.807) is 6.92 Å². The second kappa shape index (κ2) is 5.27. The maximum absolute atomic E-state index is 12.7. The standard InChI is InChI=1S/C13H18FNO2/c1-9(2)13(3,17)8-15-12(16)10-4-6-11(14)7-5-10/h4-7,9,17H,8H2,1-3H3,(H,15,16). The van der Waals surface area contributed by atoms with E-state index in [9.17, 15) is 14.3 Å². The Hall–Kier alpha value is -1.42. The first kappa shape index (κ1) is 13.6. The van der Waals surface area contributed by atoms with Crippen LogP contribution in [-0.2, 0) is 0 Å². The molecule has 0 aliphatic rings. The topological polar surface area (TPSA) is 49.3 Å². The van der Waals surface area contributed by atoms with Crippen molar-refractivity contribution in [2.75, 3.05) is 6.54 Å². The van der Waals surface area contributed by atoms with Gasteiger partial charge < -0.3 is 10.4 Å². The van der Waals surface area contributed by atoms with Gasteiger partial charge in [-0.2, -0.15) is 0 Å². The minimum atomic E-state index is -0.949. The Labute approximate surface area is 101 Å². The number of aliphatic hydroxyl groups is 1. The Kier molecular flexibility index (Phi) is 4.23. The average Bonchev–Trinajstić information content (AvgIpc) is 2.27. The lowest BCUT2D eigenvalue weighted by molar-refractivity contribution is 0.0142. The molecule has 0 spiro atoms. The van der Waals surface area contributed by atoms with Gasteiger partial charge in [0.05, 0.1) is 5.60 Å². The largest absolute Gasteiger partial charge is 0.388 e. The van der Waals surface area contributed by atoms with Gasteiger partial charge in [-0.1, -0.05) is 13.8 Å². The summed E-state index contributed by atoms with van der Waals surface area (Å²) in [4.78, 5) is 11.7. The number of rotatable bonds is 4. The average molecular weight is 239 g/mol. The van der Waals surface area contributed by atoms with Crippen LogP contribution in [0.4, 0.5) is 4.39 Å². The van der Waals surface area contributed by atoms with Crippen LogP contribution in [0.5, 0.6) is 0 Å². The van der Waals surface area contributed by atoms with Gasteiger partial charge >= 0.3 is 0 Å². The molecule has 0 radical (unpaired) electrons. The number of benzene rings is 1. The van der Waals surface area contributed by atoms with Crippen LogP contribution in [0, 0.1) is 11.7 Å². The molecule has 94 valence electrons. The van der Waals surface area contributed by atoms with Gasteiger partial charge in [-0.15, -0.1) is 0 Å². The predicted molar refractivity (Wildman–Crippen MR) is 64.2 cm³/mol. The van der Waals surface area contributed by atoms with Crippen molar-refractivity contribution in [1.29, 1.82) is 0 Å². The molecule has 0 aromatic heterocycles. The molecule has 1 atom stereocenters. The molecule has 3 nitrogen and oxygen atoms in total. The molecule has 4 heteroatoms. The predicted octanol–water partition coefficient (Wildman–Crippen LogP) is 1.96. The van der Waals surface area contributed by atoms with E-state index >= 15 is 0 Å². The summed E-state index contributed by atoms with van der Waals surface area (Å²) in [5.74, 6) is -0.655. The summed E-state index contributed by atoms with van der Waals surface area (Å²) in [5, 5.41) is 12.6. The normalized spacial score (nSPS) is 14.5. The van der Waals surface area contributed by atoms with Crippen molar-refractivity contribution in [3.8, 4) is 0 Å². The number of hydrogen-bond acceptors (Lipinski definition) is 2. The van der Waals surface area contributed by atoms with Crippen LogP contribution in [0.15, 0.2) is 24.3 Å². The Morgan fingerprint density at radius 3 is 2.41 bits per heavy atom. The highest BCUT2D eigenvalue weighted by atomic mass is 19.1. The summed E-state index contributed by atoms with van der Waals surface area (Å²) in [6.45, 7) is 5.59. The fourth-order valence-corrected chi connectivity index (χ4v) is 1.17. The van der Waals surface area contributed by atoms with Crippen LogP contribution in [0.25, 0.3) is 0 Å². The molecule has 0 heterocycles. The van der Waals surface area contributed by atoms with E-state index < -0.39 is 5.60 Å². The molecular weight excluding hydrogens is 221 g/mol. The van der Waals surface area contributed by atoms with Crippen molar-refractivity contribution >= 4 is 5.91 Å². The lowest BCUT2D eigenvalue weighted by Gasteiger charge is -2.27. The van der Waals surface area contributed by atoms with Gasteiger partial charge in [0.2, 0.25) is 0 Å². The zero-order valence-corrected chi connectivity index (χ0v) is 10.3. The van der Waals surface area contributed by atoms with Crippen molar-refractivity contribution in [3.63, 3.8) is 0 Å². The highest BCUT2D eigenvalue weighted by molar-refractivity contribution is 5.94. The van der Waals surface area contributed by atoms with Crippen LogP contribution in [0.1, 0.15) is 31.1 Å². The second-order valence-corrected chi connectivity index (χ2v) is 4.70. The number of hydrogen-bond donors (Lipinski definition) is 2. The molecule has 17 heavy (non-hydrogen) atoms. The Morgan fingerprint density at radius 1 is 1.41 bits per heavy atom. The van der Waals surface area contributed by atoms with Crippen molar-refractivity contribution in [2.45, 2.75) is 26.4 Å². The lowest BCUT2D eigenvalue weighted by atomic mass is 9.92. The first-order valence-electron chi connectivity index (χ1n) is 5.59. The summed E-state index contributed by atoms with van der Waals surface area (Å²) in [5.41, 5.74) is -0.568. The minimum absolute atomic E-state index is 0.0380. The molecule has 1 aromatic rings. The fraction of sp³-hybridized carbons (Fsp3) is 0.462. The highest BCUT2D eigenvalue weighted by Gasteiger charge is 2.25. The van der Waals surface area contributed by atoms with Gasteiger partial charge in [0.15, 0.2) is 0 Å². The maximum Gasteiger partial charge on any atom is 0.251 e. The quantitative estimate of drug-likeness (QED) is 0.844. The van der Waals surface area contributed by atoms with Crippen molar-refractivity contribution in [3.05, 3.63) is 35.6 Å². The first-order valence-corrected chi connectivity index (χ1v) is 5.59. The Morgan fingerprint density at radius 2 is 1.94 bits per heavy atom. The van der Waals surface area contributed by atoms with Gasteiger partial charge in [0, 0.05) is 12.1 Å². The molecule has 0 saturated heterocycles. The smallest absolute Gasteiger partial charge is 0.251 e. The maximum atomic E-state index is 12.7. The second-order valence-electron chi connectivity index (χ2n) is 4.70. The van der Waals surface area contributed by atoms with Gasteiger partial charge in [0.25, 0.3) is 5.91 Å². The number of carbonyl (C=O) groups excluding carboxylic acids is 1. The molecule has 1 unspecified atom stereocenters. The minimum Gasteiger partial charge on any atom is -0.388 e. The summed E-state index contributed by atoms with van der Waals surface area (Å²) in [6.07, 6.45) is 0. The molecular formula is C13H18FNO2. The summed E-state index contributed by atoms with van der Waals surface area (Å²) >= 11 is 0. The van der Waals surface area contributed by atoms with Crippen molar-refractivity contribution in [1.82, 2.24) is 5.32 Å². The van der Waals surface area contributed by atoms with E-state index in [4.69, 9.17) is 0 Å². The van der Waals surface area contributed by atoms with Gasteiger partial charge in [-0.05, 0) is 37.1 Å². The van der Waals surface area contributed by atoms with Gasteiger partial charge in [-0.25, -0.2) is 4.39 Å². The van der Waals surface area contributed by atoms with Crippen LogP contribution >= 0.6 is 0 Å². The third-order valence-electron chi connectivity index (χ3n) is 2.96. The molecule has 0 aliphatic carbocycles. The molecule has 0 aliphatic heterocycles.